The Morgan fingerprint density at radius 1 is 1.19 bits per heavy atom. The first kappa shape index (κ1) is 27.7. The third-order valence-electron chi connectivity index (χ3n) is 5.13. The summed E-state index contributed by atoms with van der Waals surface area (Å²) in [7, 11) is -1.64. The van der Waals surface area contributed by atoms with Crippen LogP contribution in [0.15, 0.2) is 91.5 Å². The fraction of sp³-hybridized carbons (Fsp3) is 0.231. The number of likely N-dealkylation sites (N-methyl/N-ethyl adjacent to an activating group) is 1. The molecule has 7 nitrogen and oxygen atoms in total. The minimum absolute atomic E-state index is 0.316. The molecule has 1 N–H and O–H groups in total. The van der Waals surface area contributed by atoms with Crippen molar-refractivity contribution in [2.24, 2.45) is 9.98 Å². The van der Waals surface area contributed by atoms with E-state index in [-0.39, 0.29) is 0 Å². The molecular formula is C26H31N5O2S3. The number of H-pyrrole nitrogens is 1. The van der Waals surface area contributed by atoms with E-state index >= 15 is 0 Å². The zero-order valence-corrected chi connectivity index (χ0v) is 23.2. The minimum Gasteiger partial charge on any atom is -0.352 e. The van der Waals surface area contributed by atoms with E-state index in [4.69, 9.17) is 0 Å². The van der Waals surface area contributed by atoms with E-state index < -0.39 is 10.0 Å². The van der Waals surface area contributed by atoms with E-state index in [9.17, 15) is 8.42 Å². The fourth-order valence-corrected chi connectivity index (χ4v) is 6.60. The third-order valence-corrected chi connectivity index (χ3v) is 8.64. The predicted octanol–water partition coefficient (Wildman–Crippen LogP) is 5.73. The van der Waals surface area contributed by atoms with Crippen molar-refractivity contribution in [2.45, 2.75) is 18.1 Å². The van der Waals surface area contributed by atoms with E-state index in [1.165, 1.54) is 15.6 Å². The quantitative estimate of drug-likeness (QED) is 0.227. The zero-order chi connectivity index (χ0) is 26.1. The minimum atomic E-state index is -3.64. The number of thiophene rings is 1. The standard InChI is InChI=1S/C26H31N5O2S3/c1-5-12-27-15-20(3)18-30(4)19-23(34)17-28-16-22-14-21-9-7-10-24(26(21)29-22)31(6-2)36(32,33)25-11-8-13-35-25/h5,7-17,29,34H,1,6,18-19H2,2-4H3/b20-15+,23-17-,27-12?,28-16?. The summed E-state index contributed by atoms with van der Waals surface area (Å²) in [5.41, 5.74) is 3.25. The Hall–Kier alpha value is -2.92. The molecule has 36 heavy (non-hydrogen) atoms. The molecule has 190 valence electrons. The Kier molecular flexibility index (Phi) is 9.89. The number of sulfonamides is 1. The molecular weight excluding hydrogens is 511 g/mol. The number of nitrogens with one attached hydrogen (secondary N) is 1. The van der Waals surface area contributed by atoms with Crippen LogP contribution in [0.25, 0.3) is 10.9 Å². The second-order valence-corrected chi connectivity index (χ2v) is 11.8. The molecule has 0 unspecified atom stereocenters. The summed E-state index contributed by atoms with van der Waals surface area (Å²) in [5, 5.41) is 2.67. The summed E-state index contributed by atoms with van der Waals surface area (Å²) in [6.45, 7) is 9.17. The highest BCUT2D eigenvalue weighted by molar-refractivity contribution is 7.94. The van der Waals surface area contributed by atoms with Gasteiger partial charge in [-0.25, -0.2) is 8.42 Å². The normalized spacial score (nSPS) is 13.5. The van der Waals surface area contributed by atoms with Crippen molar-refractivity contribution in [1.29, 1.82) is 0 Å². The molecule has 0 atom stereocenters. The molecule has 0 fully saturated rings. The predicted molar refractivity (Wildman–Crippen MR) is 157 cm³/mol. The number of thiol groups is 1. The van der Waals surface area contributed by atoms with Crippen molar-refractivity contribution in [3.63, 3.8) is 0 Å². The van der Waals surface area contributed by atoms with Crippen molar-refractivity contribution in [2.75, 3.05) is 31.0 Å². The lowest BCUT2D eigenvalue weighted by Crippen LogP contribution is -2.30. The van der Waals surface area contributed by atoms with Gasteiger partial charge in [0.25, 0.3) is 10.0 Å². The number of fused-ring (bicyclic) bond motifs is 1. The molecule has 1 aromatic carbocycles. The van der Waals surface area contributed by atoms with Crippen LogP contribution in [0.2, 0.25) is 0 Å². The maximum atomic E-state index is 13.2. The number of nitrogens with zero attached hydrogens (tertiary/aromatic N) is 4. The number of hydrogen-bond acceptors (Lipinski definition) is 7. The molecule has 10 heteroatoms. The molecule has 0 aliphatic carbocycles. The van der Waals surface area contributed by atoms with Gasteiger partial charge in [0.15, 0.2) is 0 Å². The topological polar surface area (TPSA) is 81.1 Å². The summed E-state index contributed by atoms with van der Waals surface area (Å²) < 4.78 is 28.2. The summed E-state index contributed by atoms with van der Waals surface area (Å²) in [6, 6.07) is 10.9. The van der Waals surface area contributed by atoms with E-state index in [0.29, 0.717) is 23.0 Å². The molecule has 0 bridgehead atoms. The van der Waals surface area contributed by atoms with Crippen LogP contribution in [0, 0.1) is 0 Å². The SMILES string of the molecule is C=CC=N/C=C(\C)CN(C)C/C(S)=C/N=Cc1cc2cccc(N(CC)S(=O)(=O)c3cccs3)c2[nH]1. The molecule has 0 amide bonds. The molecule has 3 rings (SSSR count). The number of benzene rings is 1. The average Bonchev–Trinajstić information content (AvgIpc) is 3.50. The van der Waals surface area contributed by atoms with E-state index in [1.807, 2.05) is 51.4 Å². The van der Waals surface area contributed by atoms with Crippen LogP contribution in [0.3, 0.4) is 0 Å². The highest BCUT2D eigenvalue weighted by atomic mass is 32.2. The second kappa shape index (κ2) is 12.9. The molecule has 0 saturated carbocycles. The van der Waals surface area contributed by atoms with Crippen molar-refractivity contribution in [3.8, 4) is 0 Å². The second-order valence-electron chi connectivity index (χ2n) is 8.15. The van der Waals surface area contributed by atoms with Crippen molar-refractivity contribution < 1.29 is 8.42 Å². The lowest BCUT2D eigenvalue weighted by molar-refractivity contribution is 0.400. The number of aromatic nitrogens is 1. The van der Waals surface area contributed by atoms with Crippen LogP contribution in [0.5, 0.6) is 0 Å². The number of aliphatic imine (C=N–C) groups is 2. The van der Waals surface area contributed by atoms with Crippen LogP contribution in [-0.2, 0) is 10.0 Å². The Morgan fingerprint density at radius 2 is 2.00 bits per heavy atom. The van der Waals surface area contributed by atoms with Gasteiger partial charge in [-0.15, -0.1) is 24.0 Å². The number of para-hydroxylation sites is 1. The summed E-state index contributed by atoms with van der Waals surface area (Å²) in [6.07, 6.45) is 8.52. The lowest BCUT2D eigenvalue weighted by atomic mass is 10.2. The largest absolute Gasteiger partial charge is 0.352 e. The molecule has 0 saturated heterocycles. The summed E-state index contributed by atoms with van der Waals surface area (Å²) in [5.74, 6) is 0. The monoisotopic (exact) mass is 541 g/mol. The van der Waals surface area contributed by atoms with Crippen LogP contribution in [0.1, 0.15) is 19.5 Å². The van der Waals surface area contributed by atoms with E-state index in [2.05, 4.69) is 39.1 Å². The maximum Gasteiger partial charge on any atom is 0.273 e. The van der Waals surface area contributed by atoms with E-state index in [1.54, 1.807) is 42.2 Å². The number of aromatic amines is 1. The van der Waals surface area contributed by atoms with Gasteiger partial charge in [-0.2, -0.15) is 0 Å². The molecule has 0 aliphatic heterocycles. The number of hydrogen-bond donors (Lipinski definition) is 2. The van der Waals surface area contributed by atoms with Crippen LogP contribution < -0.4 is 4.31 Å². The number of rotatable bonds is 12. The van der Waals surface area contributed by atoms with Gasteiger partial charge in [0.2, 0.25) is 0 Å². The highest BCUT2D eigenvalue weighted by Crippen LogP contribution is 2.32. The smallest absolute Gasteiger partial charge is 0.273 e. The first-order chi connectivity index (χ1) is 17.3. The van der Waals surface area contributed by atoms with Crippen molar-refractivity contribution >= 4 is 63.0 Å². The van der Waals surface area contributed by atoms with Gasteiger partial charge in [-0.3, -0.25) is 19.2 Å². The van der Waals surface area contributed by atoms with Gasteiger partial charge in [0.05, 0.1) is 23.1 Å². The Bertz CT molecular complexity index is 1400. The Labute approximate surface area is 222 Å². The average molecular weight is 542 g/mol. The third kappa shape index (κ3) is 7.07. The Morgan fingerprint density at radius 3 is 2.69 bits per heavy atom. The first-order valence-corrected chi connectivity index (χ1v) is 14.1. The zero-order valence-electron chi connectivity index (χ0n) is 20.6. The molecule has 2 heterocycles. The fourth-order valence-electron chi connectivity index (χ4n) is 3.70. The van der Waals surface area contributed by atoms with E-state index in [0.717, 1.165) is 33.6 Å². The van der Waals surface area contributed by atoms with Crippen molar-refractivity contribution in [3.05, 3.63) is 83.0 Å². The van der Waals surface area contributed by atoms with Crippen LogP contribution in [-0.4, -0.2) is 57.4 Å². The van der Waals surface area contributed by atoms with Crippen LogP contribution in [0.4, 0.5) is 5.69 Å². The van der Waals surface area contributed by atoms with Gasteiger partial charge in [-0.1, -0.05) is 30.9 Å². The molecule has 2 aromatic heterocycles. The van der Waals surface area contributed by atoms with Gasteiger partial charge in [0.1, 0.15) is 4.21 Å². The van der Waals surface area contributed by atoms with Gasteiger partial charge < -0.3 is 4.98 Å². The van der Waals surface area contributed by atoms with Gasteiger partial charge in [0, 0.05) is 48.5 Å². The summed E-state index contributed by atoms with van der Waals surface area (Å²) >= 11 is 5.76. The van der Waals surface area contributed by atoms with Gasteiger partial charge >= 0.3 is 0 Å². The molecule has 0 spiro atoms. The van der Waals surface area contributed by atoms with Gasteiger partial charge in [-0.05, 0) is 50.0 Å². The van der Waals surface area contributed by atoms with Crippen LogP contribution >= 0.6 is 24.0 Å². The maximum absolute atomic E-state index is 13.2. The highest BCUT2D eigenvalue weighted by Gasteiger charge is 2.26. The molecule has 0 radical (unpaired) electrons. The molecule has 3 aromatic rings. The summed E-state index contributed by atoms with van der Waals surface area (Å²) in [4.78, 5) is 14.8. The Balaban J connectivity index is 1.75. The molecule has 0 aliphatic rings. The number of anilines is 1. The number of allylic oxidation sites excluding steroid dienone is 1. The lowest BCUT2D eigenvalue weighted by Gasteiger charge is -2.22. The van der Waals surface area contributed by atoms with Crippen molar-refractivity contribution in [1.82, 2.24) is 9.88 Å². The first-order valence-electron chi connectivity index (χ1n) is 11.3.